The number of carbonyl (C=O) groups is 2. The maximum absolute atomic E-state index is 13.2. The number of halogens is 4. The zero-order chi connectivity index (χ0) is 26.8. The average molecular weight is 518 g/mol. The normalized spacial score (nSPS) is 12.4. The molecule has 0 saturated carbocycles. The molecule has 0 saturated heterocycles. The maximum Gasteiger partial charge on any atom is 0.417 e. The Kier molecular flexibility index (Phi) is 16.1. The molecule has 0 aliphatic rings. The lowest BCUT2D eigenvalue weighted by molar-refractivity contribution is -0.145. The van der Waals surface area contributed by atoms with Gasteiger partial charge in [-0.3, -0.25) is 4.79 Å². The van der Waals surface area contributed by atoms with Crippen LogP contribution >= 0.6 is 0 Å². The molecular weight excluding hydrogens is 474 g/mol. The molecule has 0 fully saturated rings. The van der Waals surface area contributed by atoms with Crippen LogP contribution in [0.2, 0.25) is 0 Å². The molecule has 0 radical (unpaired) electrons. The van der Waals surface area contributed by atoms with E-state index in [1.54, 1.807) is 0 Å². The summed E-state index contributed by atoms with van der Waals surface area (Å²) < 4.78 is 57.6. The second kappa shape index (κ2) is 18.2. The Morgan fingerprint density at radius 2 is 1.31 bits per heavy atom. The van der Waals surface area contributed by atoms with Crippen LogP contribution in [-0.2, 0) is 15.7 Å². The van der Waals surface area contributed by atoms with Crippen molar-refractivity contribution in [3.8, 4) is 0 Å². The summed E-state index contributed by atoms with van der Waals surface area (Å²) in [6.07, 6.45) is 13.5. The Balaban J connectivity index is 2.11. The van der Waals surface area contributed by atoms with Crippen LogP contribution in [-0.4, -0.2) is 24.5 Å². The second-order valence-electron chi connectivity index (χ2n) is 9.50. The molecule has 0 spiro atoms. The minimum atomic E-state index is -4.90. The van der Waals surface area contributed by atoms with E-state index >= 15 is 0 Å². The molecule has 1 amide bonds. The van der Waals surface area contributed by atoms with Gasteiger partial charge in [0.1, 0.15) is 11.9 Å². The van der Waals surface area contributed by atoms with Crippen LogP contribution in [0.1, 0.15) is 126 Å². The van der Waals surface area contributed by atoms with Crippen molar-refractivity contribution in [1.29, 1.82) is 0 Å². The minimum Gasteiger partial charge on any atom is -0.464 e. The summed E-state index contributed by atoms with van der Waals surface area (Å²) >= 11 is 0. The van der Waals surface area contributed by atoms with Crippen molar-refractivity contribution in [2.75, 3.05) is 6.61 Å². The minimum absolute atomic E-state index is 0.196. The van der Waals surface area contributed by atoms with E-state index in [1.807, 2.05) is 0 Å². The van der Waals surface area contributed by atoms with E-state index in [1.165, 1.54) is 77.6 Å². The van der Waals surface area contributed by atoms with E-state index in [4.69, 9.17) is 4.74 Å². The van der Waals surface area contributed by atoms with Crippen LogP contribution in [0.15, 0.2) is 18.2 Å². The molecule has 1 unspecified atom stereocenters. The van der Waals surface area contributed by atoms with Gasteiger partial charge >= 0.3 is 12.1 Å². The van der Waals surface area contributed by atoms with E-state index in [0.717, 1.165) is 31.4 Å². The third-order valence-corrected chi connectivity index (χ3v) is 6.23. The molecule has 0 aliphatic carbocycles. The van der Waals surface area contributed by atoms with Crippen LogP contribution in [0.4, 0.5) is 17.6 Å². The number of benzene rings is 1. The fourth-order valence-corrected chi connectivity index (χ4v) is 4.05. The summed E-state index contributed by atoms with van der Waals surface area (Å²) in [6.45, 7) is 3.77. The number of hydrogen-bond acceptors (Lipinski definition) is 3. The lowest BCUT2D eigenvalue weighted by Crippen LogP contribution is -2.40. The summed E-state index contributed by atoms with van der Waals surface area (Å²) in [7, 11) is 0. The summed E-state index contributed by atoms with van der Waals surface area (Å²) in [5.41, 5.74) is -2.13. The fourth-order valence-electron chi connectivity index (χ4n) is 4.05. The van der Waals surface area contributed by atoms with Crippen molar-refractivity contribution >= 4 is 11.9 Å². The Morgan fingerprint density at radius 1 is 0.833 bits per heavy atom. The predicted octanol–water partition coefficient (Wildman–Crippen LogP) is 8.38. The highest BCUT2D eigenvalue weighted by atomic mass is 19.4. The molecule has 0 heterocycles. The van der Waals surface area contributed by atoms with Gasteiger partial charge in [0, 0.05) is 0 Å². The number of esters is 1. The van der Waals surface area contributed by atoms with Crippen molar-refractivity contribution in [2.24, 2.45) is 0 Å². The van der Waals surface area contributed by atoms with Crippen LogP contribution in [0, 0.1) is 5.82 Å². The zero-order valence-corrected chi connectivity index (χ0v) is 21.9. The number of nitrogens with one attached hydrogen (secondary N) is 1. The number of carbonyl (C=O) groups excluding carboxylic acids is 2. The van der Waals surface area contributed by atoms with Crippen molar-refractivity contribution in [3.05, 3.63) is 35.1 Å². The molecule has 8 heteroatoms. The SMILES string of the molecule is CCCCCCCCCCCCCCCCCOC(=O)C(C)NC(=O)c1ccc(F)cc1C(F)(F)F. The summed E-state index contributed by atoms with van der Waals surface area (Å²) in [5.74, 6) is -2.93. The molecule has 1 aromatic rings. The molecule has 1 aromatic carbocycles. The van der Waals surface area contributed by atoms with E-state index < -0.39 is 41.0 Å². The third-order valence-electron chi connectivity index (χ3n) is 6.23. The van der Waals surface area contributed by atoms with Crippen LogP contribution in [0.3, 0.4) is 0 Å². The predicted molar refractivity (Wildman–Crippen MR) is 134 cm³/mol. The van der Waals surface area contributed by atoms with Crippen molar-refractivity contribution in [3.63, 3.8) is 0 Å². The maximum atomic E-state index is 13.2. The highest BCUT2D eigenvalue weighted by Crippen LogP contribution is 2.32. The topological polar surface area (TPSA) is 55.4 Å². The van der Waals surface area contributed by atoms with Crippen molar-refractivity contribution < 1.29 is 31.9 Å². The number of ether oxygens (including phenoxy) is 1. The fraction of sp³-hybridized carbons (Fsp3) is 0.714. The number of unbranched alkanes of at least 4 members (excludes halogenated alkanes) is 14. The highest BCUT2D eigenvalue weighted by Gasteiger charge is 2.36. The van der Waals surface area contributed by atoms with Gasteiger partial charge in [-0.15, -0.1) is 0 Å². The largest absolute Gasteiger partial charge is 0.464 e. The van der Waals surface area contributed by atoms with Gasteiger partial charge in [0.05, 0.1) is 17.7 Å². The molecule has 1 atom stereocenters. The Morgan fingerprint density at radius 3 is 1.78 bits per heavy atom. The molecule has 1 N–H and O–H groups in total. The lowest BCUT2D eigenvalue weighted by Gasteiger charge is -2.16. The number of hydrogen-bond donors (Lipinski definition) is 1. The molecule has 36 heavy (non-hydrogen) atoms. The van der Waals surface area contributed by atoms with Gasteiger partial charge in [-0.2, -0.15) is 13.2 Å². The molecular formula is C28H43F4NO3. The van der Waals surface area contributed by atoms with Gasteiger partial charge in [-0.25, -0.2) is 9.18 Å². The summed E-state index contributed by atoms with van der Waals surface area (Å²) in [6, 6.07) is 0.652. The first-order valence-corrected chi connectivity index (χ1v) is 13.5. The molecule has 1 rings (SSSR count). The van der Waals surface area contributed by atoms with E-state index in [0.29, 0.717) is 6.42 Å². The average Bonchev–Trinajstić information content (AvgIpc) is 2.82. The molecule has 0 bridgehead atoms. The number of alkyl halides is 3. The Hall–Kier alpha value is -2.12. The van der Waals surface area contributed by atoms with Gasteiger partial charge in [0.2, 0.25) is 0 Å². The third kappa shape index (κ3) is 13.8. The first kappa shape index (κ1) is 31.9. The molecule has 206 valence electrons. The van der Waals surface area contributed by atoms with E-state index in [2.05, 4.69) is 12.2 Å². The van der Waals surface area contributed by atoms with Gasteiger partial charge in [0.25, 0.3) is 5.91 Å². The summed E-state index contributed by atoms with van der Waals surface area (Å²) in [5, 5.41) is 2.20. The first-order chi connectivity index (χ1) is 17.2. The first-order valence-electron chi connectivity index (χ1n) is 13.5. The Labute approximate surface area is 213 Å². The summed E-state index contributed by atoms with van der Waals surface area (Å²) in [4.78, 5) is 24.3. The van der Waals surface area contributed by atoms with Crippen LogP contribution < -0.4 is 5.32 Å². The van der Waals surface area contributed by atoms with E-state index in [9.17, 15) is 27.2 Å². The van der Waals surface area contributed by atoms with Crippen LogP contribution in [0.25, 0.3) is 0 Å². The van der Waals surface area contributed by atoms with Crippen molar-refractivity contribution in [1.82, 2.24) is 5.32 Å². The second-order valence-corrected chi connectivity index (χ2v) is 9.50. The van der Waals surface area contributed by atoms with Crippen molar-refractivity contribution in [2.45, 2.75) is 122 Å². The standard InChI is InChI=1S/C28H43F4NO3/c1-3-4-5-6-7-8-9-10-11-12-13-14-15-16-17-20-36-27(35)22(2)33-26(34)24-19-18-23(29)21-25(24)28(30,31)32/h18-19,21-22H,3-17,20H2,1-2H3,(H,33,34). The monoisotopic (exact) mass is 517 g/mol. The zero-order valence-electron chi connectivity index (χ0n) is 21.9. The Bertz CT molecular complexity index is 768. The highest BCUT2D eigenvalue weighted by molar-refractivity contribution is 5.98. The van der Waals surface area contributed by atoms with Gasteiger partial charge in [0.15, 0.2) is 0 Å². The van der Waals surface area contributed by atoms with E-state index in [-0.39, 0.29) is 12.7 Å². The van der Waals surface area contributed by atoms with Gasteiger partial charge in [-0.05, 0) is 31.5 Å². The molecule has 0 aliphatic heterocycles. The number of amides is 1. The van der Waals surface area contributed by atoms with Gasteiger partial charge in [-0.1, -0.05) is 96.8 Å². The smallest absolute Gasteiger partial charge is 0.417 e. The lowest BCUT2D eigenvalue weighted by atomic mass is 10.0. The van der Waals surface area contributed by atoms with Gasteiger partial charge < -0.3 is 10.1 Å². The molecule has 4 nitrogen and oxygen atoms in total. The molecule has 0 aromatic heterocycles. The quantitative estimate of drug-likeness (QED) is 0.114. The number of rotatable bonds is 19. The van der Waals surface area contributed by atoms with Crippen LogP contribution in [0.5, 0.6) is 0 Å².